The summed E-state index contributed by atoms with van der Waals surface area (Å²) in [5.41, 5.74) is 1.16. The molecule has 0 saturated carbocycles. The van der Waals surface area contributed by atoms with Crippen molar-refractivity contribution in [3.63, 3.8) is 0 Å². The molecule has 2 rings (SSSR count). The fourth-order valence-electron chi connectivity index (χ4n) is 1.25. The first-order chi connectivity index (χ1) is 7.18. The maximum absolute atomic E-state index is 10.9. The summed E-state index contributed by atoms with van der Waals surface area (Å²) < 4.78 is 0. The van der Waals surface area contributed by atoms with E-state index in [1.54, 1.807) is 18.5 Å². The molecule has 0 aliphatic rings. The fraction of sp³-hybridized carbons (Fsp3) is 0. The smallest absolute Gasteiger partial charge is 0.394 e. The van der Waals surface area contributed by atoms with Gasteiger partial charge in [-0.2, -0.15) is 0 Å². The second-order valence-electron chi connectivity index (χ2n) is 2.88. The van der Waals surface area contributed by atoms with Crippen LogP contribution in [0, 0.1) is 0 Å². The molecule has 0 saturated heterocycles. The van der Waals surface area contributed by atoms with Crippen molar-refractivity contribution in [2.24, 2.45) is 0 Å². The zero-order valence-corrected chi connectivity index (χ0v) is 7.52. The Labute approximate surface area is 83.9 Å². The van der Waals surface area contributed by atoms with Gasteiger partial charge in [-0.05, 0) is 6.07 Å². The summed E-state index contributed by atoms with van der Waals surface area (Å²) in [6, 6.07) is 1.68. The fourth-order valence-corrected chi connectivity index (χ4v) is 1.25. The Bertz CT molecular complexity index is 532. The molecule has 76 valence electrons. The molecule has 2 aromatic rings. The highest BCUT2D eigenvalue weighted by atomic mass is 16.4. The summed E-state index contributed by atoms with van der Waals surface area (Å²) in [6.45, 7) is 0. The highest BCUT2D eigenvalue weighted by molar-refractivity contribution is 6.37. The zero-order chi connectivity index (χ0) is 10.8. The number of hydrogen-bond donors (Lipinski definition) is 3. The lowest BCUT2D eigenvalue weighted by atomic mass is 10.3. The Balaban J connectivity index is 2.37. The van der Waals surface area contributed by atoms with Crippen LogP contribution in [0.5, 0.6) is 0 Å². The van der Waals surface area contributed by atoms with Crippen molar-refractivity contribution in [1.82, 2.24) is 9.97 Å². The average Bonchev–Trinajstić information content (AvgIpc) is 2.62. The topological polar surface area (TPSA) is 95.1 Å². The Morgan fingerprint density at radius 1 is 1.47 bits per heavy atom. The van der Waals surface area contributed by atoms with Gasteiger partial charge in [-0.1, -0.05) is 0 Å². The van der Waals surface area contributed by atoms with E-state index in [0.717, 1.165) is 10.9 Å². The lowest BCUT2D eigenvalue weighted by Crippen LogP contribution is -2.21. The molecule has 6 heteroatoms. The van der Waals surface area contributed by atoms with Crippen molar-refractivity contribution >= 4 is 28.5 Å². The number of hydrogen-bond acceptors (Lipinski definition) is 3. The van der Waals surface area contributed by atoms with Gasteiger partial charge in [0.05, 0.1) is 17.4 Å². The minimum Gasteiger partial charge on any atom is -0.474 e. The van der Waals surface area contributed by atoms with E-state index in [9.17, 15) is 9.59 Å². The number of carboxylic acids is 1. The molecule has 0 unspecified atom stereocenters. The molecule has 2 aromatic heterocycles. The lowest BCUT2D eigenvalue weighted by molar-refractivity contribution is -0.147. The summed E-state index contributed by atoms with van der Waals surface area (Å²) in [5, 5.41) is 11.4. The Hall–Kier alpha value is -2.37. The van der Waals surface area contributed by atoms with Crippen molar-refractivity contribution in [3.8, 4) is 0 Å². The molecule has 0 atom stereocenters. The number of H-pyrrole nitrogens is 1. The third-order valence-corrected chi connectivity index (χ3v) is 1.93. The van der Waals surface area contributed by atoms with E-state index in [4.69, 9.17) is 5.11 Å². The van der Waals surface area contributed by atoms with E-state index >= 15 is 0 Å². The standard InChI is InChI=1S/C9H7N3O3/c13-8(9(14)15)12-7-4-11-6-3-10-2-1-5(6)7/h1-4,11H,(H,12,13)(H,14,15). The van der Waals surface area contributed by atoms with E-state index in [2.05, 4.69) is 15.3 Å². The van der Waals surface area contributed by atoms with E-state index in [0.29, 0.717) is 5.69 Å². The summed E-state index contributed by atoms with van der Waals surface area (Å²) in [4.78, 5) is 28.0. The molecule has 1 amide bonds. The number of carboxylic acid groups (broad SMARTS) is 1. The minimum atomic E-state index is -1.52. The average molecular weight is 205 g/mol. The summed E-state index contributed by atoms with van der Waals surface area (Å²) >= 11 is 0. The largest absolute Gasteiger partial charge is 0.474 e. The maximum Gasteiger partial charge on any atom is 0.394 e. The van der Waals surface area contributed by atoms with Crippen molar-refractivity contribution in [3.05, 3.63) is 24.7 Å². The van der Waals surface area contributed by atoms with Gasteiger partial charge < -0.3 is 15.4 Å². The number of aromatic nitrogens is 2. The maximum atomic E-state index is 10.9. The van der Waals surface area contributed by atoms with Gasteiger partial charge in [0, 0.05) is 17.8 Å². The number of aliphatic carboxylic acids is 1. The molecule has 2 heterocycles. The molecule has 0 aliphatic heterocycles. The first-order valence-electron chi connectivity index (χ1n) is 4.14. The van der Waals surface area contributed by atoms with E-state index < -0.39 is 11.9 Å². The summed E-state index contributed by atoms with van der Waals surface area (Å²) in [6.07, 6.45) is 4.67. The number of amides is 1. The second-order valence-corrected chi connectivity index (χ2v) is 2.88. The molecule has 0 aliphatic carbocycles. The second kappa shape index (κ2) is 3.41. The Morgan fingerprint density at radius 2 is 2.27 bits per heavy atom. The quantitative estimate of drug-likeness (QED) is 0.593. The van der Waals surface area contributed by atoms with Crippen LogP contribution in [0.2, 0.25) is 0 Å². The van der Waals surface area contributed by atoms with Gasteiger partial charge >= 0.3 is 11.9 Å². The summed E-state index contributed by atoms with van der Waals surface area (Å²) in [7, 11) is 0. The molecule has 3 N–H and O–H groups in total. The van der Waals surface area contributed by atoms with Crippen molar-refractivity contribution < 1.29 is 14.7 Å². The van der Waals surface area contributed by atoms with Crippen LogP contribution in [0.25, 0.3) is 10.9 Å². The van der Waals surface area contributed by atoms with Gasteiger partial charge in [-0.3, -0.25) is 9.78 Å². The predicted octanol–water partition coefficient (Wildman–Crippen LogP) is 0.586. The number of carbonyl (C=O) groups is 2. The summed E-state index contributed by atoms with van der Waals surface area (Å²) in [5.74, 6) is -2.58. The number of fused-ring (bicyclic) bond motifs is 1. The van der Waals surface area contributed by atoms with Crippen LogP contribution in [0.15, 0.2) is 24.7 Å². The first-order valence-corrected chi connectivity index (χ1v) is 4.14. The molecule has 6 nitrogen and oxygen atoms in total. The molecule has 15 heavy (non-hydrogen) atoms. The molecule has 0 radical (unpaired) electrons. The van der Waals surface area contributed by atoms with Gasteiger partial charge in [0.15, 0.2) is 0 Å². The highest BCUT2D eigenvalue weighted by Gasteiger charge is 2.13. The molecule has 0 fully saturated rings. The Morgan fingerprint density at radius 3 is 3.00 bits per heavy atom. The van der Waals surface area contributed by atoms with E-state index in [-0.39, 0.29) is 0 Å². The van der Waals surface area contributed by atoms with Gasteiger partial charge in [-0.15, -0.1) is 0 Å². The van der Waals surface area contributed by atoms with Crippen molar-refractivity contribution in [1.29, 1.82) is 0 Å². The Kier molecular flexibility index (Phi) is 2.09. The van der Waals surface area contributed by atoms with Crippen molar-refractivity contribution in [2.75, 3.05) is 5.32 Å². The first kappa shape index (κ1) is 9.20. The van der Waals surface area contributed by atoms with Crippen LogP contribution < -0.4 is 5.32 Å². The highest BCUT2D eigenvalue weighted by Crippen LogP contribution is 2.21. The predicted molar refractivity (Wildman–Crippen MR) is 52.4 cm³/mol. The number of anilines is 1. The number of pyridine rings is 1. The van der Waals surface area contributed by atoms with E-state index in [1.165, 1.54) is 6.20 Å². The molecular weight excluding hydrogens is 198 g/mol. The minimum absolute atomic E-state index is 0.430. The van der Waals surface area contributed by atoms with Crippen LogP contribution >= 0.6 is 0 Å². The molecule has 0 aromatic carbocycles. The monoisotopic (exact) mass is 205 g/mol. The SMILES string of the molecule is O=C(O)C(=O)Nc1c[nH]c2cnccc12. The van der Waals surface area contributed by atoms with Crippen LogP contribution in [0.3, 0.4) is 0 Å². The van der Waals surface area contributed by atoms with Crippen LogP contribution in [0.1, 0.15) is 0 Å². The zero-order valence-electron chi connectivity index (χ0n) is 7.52. The van der Waals surface area contributed by atoms with Crippen LogP contribution in [-0.2, 0) is 9.59 Å². The van der Waals surface area contributed by atoms with Gasteiger partial charge in [0.1, 0.15) is 0 Å². The van der Waals surface area contributed by atoms with Crippen LogP contribution in [0.4, 0.5) is 5.69 Å². The number of nitrogens with one attached hydrogen (secondary N) is 2. The van der Waals surface area contributed by atoms with E-state index in [1.807, 2.05) is 0 Å². The number of carbonyl (C=O) groups excluding carboxylic acids is 1. The molecule has 0 bridgehead atoms. The number of nitrogens with zero attached hydrogens (tertiary/aromatic N) is 1. The van der Waals surface area contributed by atoms with Crippen LogP contribution in [-0.4, -0.2) is 27.0 Å². The van der Waals surface area contributed by atoms with Gasteiger partial charge in [0.2, 0.25) is 0 Å². The van der Waals surface area contributed by atoms with Crippen molar-refractivity contribution in [2.45, 2.75) is 0 Å². The lowest BCUT2D eigenvalue weighted by Gasteiger charge is -1.98. The van der Waals surface area contributed by atoms with Gasteiger partial charge in [0.25, 0.3) is 0 Å². The third-order valence-electron chi connectivity index (χ3n) is 1.93. The molecular formula is C9H7N3O3. The third kappa shape index (κ3) is 1.64. The number of aromatic amines is 1. The number of rotatable bonds is 1. The molecule has 0 spiro atoms. The van der Waals surface area contributed by atoms with Gasteiger partial charge in [-0.25, -0.2) is 4.79 Å². The normalized spacial score (nSPS) is 10.1.